The van der Waals surface area contributed by atoms with Crippen LogP contribution in [0.1, 0.15) is 18.1 Å². The van der Waals surface area contributed by atoms with Crippen molar-refractivity contribution in [1.82, 2.24) is 10.2 Å². The zero-order valence-corrected chi connectivity index (χ0v) is 24.8. The maximum atomic E-state index is 14.2. The van der Waals surface area contributed by atoms with Crippen molar-refractivity contribution in [3.05, 3.63) is 126 Å². The van der Waals surface area contributed by atoms with Crippen LogP contribution in [0.15, 0.2) is 114 Å². The first-order chi connectivity index (χ1) is 20.7. The highest BCUT2D eigenvalue weighted by Gasteiger charge is 2.34. The minimum atomic E-state index is -4.20. The van der Waals surface area contributed by atoms with E-state index in [2.05, 4.69) is 5.32 Å². The second kappa shape index (κ2) is 14.5. The van der Waals surface area contributed by atoms with Gasteiger partial charge in [0.25, 0.3) is 10.0 Å². The van der Waals surface area contributed by atoms with Crippen molar-refractivity contribution in [1.29, 1.82) is 0 Å². The fraction of sp³-hybridized carbons (Fsp3) is 0.212. The Morgan fingerprint density at radius 3 is 2.02 bits per heavy atom. The Kier molecular flexibility index (Phi) is 10.5. The fourth-order valence-electron chi connectivity index (χ4n) is 4.63. The zero-order valence-electron chi connectivity index (χ0n) is 24.0. The van der Waals surface area contributed by atoms with E-state index in [-0.39, 0.29) is 23.5 Å². The first-order valence-electron chi connectivity index (χ1n) is 13.8. The van der Waals surface area contributed by atoms with E-state index in [1.807, 2.05) is 37.3 Å². The highest BCUT2D eigenvalue weighted by Crippen LogP contribution is 2.27. The smallest absolute Gasteiger partial charge is 0.264 e. The number of benzene rings is 4. The third kappa shape index (κ3) is 7.98. The molecule has 1 N–H and O–H groups in total. The number of carbonyl (C=O) groups excluding carboxylic acids is 2. The van der Waals surface area contributed by atoms with E-state index in [0.29, 0.717) is 17.9 Å². The molecule has 8 nitrogen and oxygen atoms in total. The van der Waals surface area contributed by atoms with Crippen molar-refractivity contribution in [2.24, 2.45) is 0 Å². The molecule has 0 aliphatic heterocycles. The molecule has 10 heteroatoms. The van der Waals surface area contributed by atoms with Crippen LogP contribution in [0.2, 0.25) is 0 Å². The van der Waals surface area contributed by atoms with Crippen molar-refractivity contribution in [3.8, 4) is 5.75 Å². The van der Waals surface area contributed by atoms with Gasteiger partial charge in [-0.3, -0.25) is 13.9 Å². The standard InChI is InChI=1S/C33H34FN3O5S/c1-3-42-29-20-18-28(19-21-29)37(43(40,41)30-12-8-5-9-13-30)24-32(38)36(23-26-14-16-27(34)17-15-26)31(33(39)35-2)22-25-10-6-4-7-11-25/h4-21,31H,3,22-24H2,1-2H3,(H,35,39)/t31-/m0/s1. The van der Waals surface area contributed by atoms with Gasteiger partial charge in [0, 0.05) is 20.0 Å². The second-order valence-corrected chi connectivity index (χ2v) is 11.6. The molecule has 4 aromatic carbocycles. The second-order valence-electron chi connectivity index (χ2n) is 9.72. The Balaban J connectivity index is 1.77. The van der Waals surface area contributed by atoms with Crippen LogP contribution in [-0.2, 0) is 32.6 Å². The minimum Gasteiger partial charge on any atom is -0.494 e. The topological polar surface area (TPSA) is 96.0 Å². The third-order valence-corrected chi connectivity index (χ3v) is 8.62. The average Bonchev–Trinajstić information content (AvgIpc) is 3.03. The predicted octanol–water partition coefficient (Wildman–Crippen LogP) is 4.81. The molecule has 2 amide bonds. The van der Waals surface area contributed by atoms with Gasteiger partial charge in [0.15, 0.2) is 0 Å². The van der Waals surface area contributed by atoms with E-state index in [1.54, 1.807) is 42.5 Å². The summed E-state index contributed by atoms with van der Waals surface area (Å²) in [6.45, 7) is 1.64. The first-order valence-corrected chi connectivity index (χ1v) is 15.3. The number of hydrogen-bond acceptors (Lipinski definition) is 5. The summed E-state index contributed by atoms with van der Waals surface area (Å²) in [6, 6.07) is 28.1. The predicted molar refractivity (Wildman–Crippen MR) is 164 cm³/mol. The molecular formula is C33H34FN3O5S. The highest BCUT2D eigenvalue weighted by molar-refractivity contribution is 7.92. The van der Waals surface area contributed by atoms with Crippen LogP contribution >= 0.6 is 0 Å². The van der Waals surface area contributed by atoms with Gasteiger partial charge in [0.1, 0.15) is 24.2 Å². The number of carbonyl (C=O) groups is 2. The van der Waals surface area contributed by atoms with E-state index < -0.39 is 40.2 Å². The molecule has 0 aromatic heterocycles. The molecule has 1 atom stereocenters. The van der Waals surface area contributed by atoms with Crippen molar-refractivity contribution in [2.45, 2.75) is 30.8 Å². The molecule has 43 heavy (non-hydrogen) atoms. The molecule has 0 heterocycles. The molecular weight excluding hydrogens is 569 g/mol. The van der Waals surface area contributed by atoms with Crippen LogP contribution in [0.3, 0.4) is 0 Å². The van der Waals surface area contributed by atoms with Crippen molar-refractivity contribution in [3.63, 3.8) is 0 Å². The Hall–Kier alpha value is -4.70. The molecule has 224 valence electrons. The number of amides is 2. The molecule has 0 bridgehead atoms. The lowest BCUT2D eigenvalue weighted by atomic mass is 10.0. The van der Waals surface area contributed by atoms with Gasteiger partial charge < -0.3 is 15.0 Å². The number of halogens is 1. The Labute approximate surface area is 251 Å². The number of likely N-dealkylation sites (N-methyl/N-ethyl adjacent to an activating group) is 1. The van der Waals surface area contributed by atoms with Gasteiger partial charge in [-0.1, -0.05) is 60.7 Å². The monoisotopic (exact) mass is 603 g/mol. The number of rotatable bonds is 13. The molecule has 0 spiro atoms. The summed E-state index contributed by atoms with van der Waals surface area (Å²) < 4.78 is 48.2. The molecule has 0 radical (unpaired) electrons. The lowest BCUT2D eigenvalue weighted by Crippen LogP contribution is -2.53. The summed E-state index contributed by atoms with van der Waals surface area (Å²) in [7, 11) is -2.72. The summed E-state index contributed by atoms with van der Waals surface area (Å²) in [4.78, 5) is 28.9. The molecule has 4 aromatic rings. The maximum absolute atomic E-state index is 14.2. The molecule has 0 unspecified atom stereocenters. The van der Waals surface area contributed by atoms with Crippen molar-refractivity contribution < 1.29 is 27.1 Å². The average molecular weight is 604 g/mol. The van der Waals surface area contributed by atoms with Gasteiger partial charge in [0.05, 0.1) is 17.2 Å². The highest BCUT2D eigenvalue weighted by atomic mass is 32.2. The Morgan fingerprint density at radius 1 is 0.837 bits per heavy atom. The van der Waals surface area contributed by atoms with Crippen LogP contribution in [0.25, 0.3) is 0 Å². The third-order valence-electron chi connectivity index (χ3n) is 6.83. The quantitative estimate of drug-likeness (QED) is 0.237. The normalized spacial score (nSPS) is 11.8. The summed E-state index contributed by atoms with van der Waals surface area (Å²) in [5.74, 6) is -0.917. The Morgan fingerprint density at radius 2 is 1.44 bits per heavy atom. The molecule has 0 aliphatic carbocycles. The van der Waals surface area contributed by atoms with Crippen LogP contribution in [0.5, 0.6) is 5.75 Å². The number of anilines is 1. The van der Waals surface area contributed by atoms with Crippen LogP contribution in [0.4, 0.5) is 10.1 Å². The van der Waals surface area contributed by atoms with E-state index in [4.69, 9.17) is 4.74 Å². The van der Waals surface area contributed by atoms with Crippen LogP contribution in [0, 0.1) is 5.82 Å². The number of ether oxygens (including phenoxy) is 1. The van der Waals surface area contributed by atoms with Crippen molar-refractivity contribution in [2.75, 3.05) is 24.5 Å². The molecule has 0 saturated carbocycles. The number of nitrogens with one attached hydrogen (secondary N) is 1. The van der Waals surface area contributed by atoms with Gasteiger partial charge in [-0.15, -0.1) is 0 Å². The Bertz CT molecular complexity index is 1600. The summed E-state index contributed by atoms with van der Waals surface area (Å²) in [5, 5.41) is 2.64. The minimum absolute atomic E-state index is 0.00825. The lowest BCUT2D eigenvalue weighted by molar-refractivity contribution is -0.139. The molecule has 0 fully saturated rings. The van der Waals surface area contributed by atoms with E-state index in [0.717, 1.165) is 9.87 Å². The number of nitrogens with zero attached hydrogens (tertiary/aromatic N) is 2. The fourth-order valence-corrected chi connectivity index (χ4v) is 6.07. The van der Waals surface area contributed by atoms with Gasteiger partial charge in [-0.05, 0) is 66.6 Å². The zero-order chi connectivity index (χ0) is 30.8. The number of hydrogen-bond donors (Lipinski definition) is 1. The van der Waals surface area contributed by atoms with Gasteiger partial charge >= 0.3 is 0 Å². The molecule has 0 saturated heterocycles. The van der Waals surface area contributed by atoms with Gasteiger partial charge in [-0.25, -0.2) is 12.8 Å². The summed E-state index contributed by atoms with van der Waals surface area (Å²) in [6.07, 6.45) is 0.182. The van der Waals surface area contributed by atoms with Crippen molar-refractivity contribution >= 4 is 27.5 Å². The maximum Gasteiger partial charge on any atom is 0.264 e. The van der Waals surface area contributed by atoms with Gasteiger partial charge in [-0.2, -0.15) is 0 Å². The van der Waals surface area contributed by atoms with E-state index in [1.165, 1.54) is 48.3 Å². The summed E-state index contributed by atoms with van der Waals surface area (Å²) in [5.41, 5.74) is 1.64. The SMILES string of the molecule is CCOc1ccc(N(CC(=O)N(Cc2ccc(F)cc2)[C@@H](Cc2ccccc2)C(=O)NC)S(=O)(=O)c2ccccc2)cc1. The van der Waals surface area contributed by atoms with Crippen LogP contribution < -0.4 is 14.4 Å². The molecule has 4 rings (SSSR count). The first kappa shape index (κ1) is 31.2. The van der Waals surface area contributed by atoms with Gasteiger partial charge in [0.2, 0.25) is 11.8 Å². The number of sulfonamides is 1. The van der Waals surface area contributed by atoms with Crippen LogP contribution in [-0.4, -0.2) is 51.4 Å². The molecule has 0 aliphatic rings. The lowest BCUT2D eigenvalue weighted by Gasteiger charge is -2.33. The van der Waals surface area contributed by atoms with E-state index >= 15 is 0 Å². The largest absolute Gasteiger partial charge is 0.494 e. The summed E-state index contributed by atoms with van der Waals surface area (Å²) >= 11 is 0. The van der Waals surface area contributed by atoms with E-state index in [9.17, 15) is 22.4 Å².